The van der Waals surface area contributed by atoms with E-state index in [1.54, 1.807) is 7.05 Å². The number of furan rings is 1. The zero-order valence-electron chi connectivity index (χ0n) is 8.00. The van der Waals surface area contributed by atoms with Gasteiger partial charge in [-0.15, -0.1) is 0 Å². The zero-order chi connectivity index (χ0) is 10.1. The van der Waals surface area contributed by atoms with Gasteiger partial charge in [0.2, 0.25) is 0 Å². The minimum atomic E-state index is 0.292. The molecule has 0 amide bonds. The number of hydrogen-bond acceptors (Lipinski definition) is 4. The number of aldehydes is 1. The lowest BCUT2D eigenvalue weighted by Crippen LogP contribution is -1.91. The molecule has 0 aliphatic heterocycles. The molecule has 0 radical (unpaired) electrons. The Morgan fingerprint density at radius 3 is 2.93 bits per heavy atom. The van der Waals surface area contributed by atoms with Gasteiger partial charge in [-0.2, -0.15) is 0 Å². The summed E-state index contributed by atoms with van der Waals surface area (Å²) < 4.78 is 5.30. The van der Waals surface area contributed by atoms with Gasteiger partial charge in [-0.25, -0.2) is 4.98 Å². The minimum Gasteiger partial charge on any atom is -0.449 e. The average Bonchev–Trinajstić information content (AvgIpc) is 2.54. The molecule has 2 aromatic heterocycles. The molecule has 4 heteroatoms. The number of pyridine rings is 1. The summed E-state index contributed by atoms with van der Waals surface area (Å²) in [7, 11) is 1.74. The lowest BCUT2D eigenvalue weighted by molar-refractivity contribution is 0.110. The van der Waals surface area contributed by atoms with Crippen molar-refractivity contribution in [2.75, 3.05) is 12.4 Å². The Morgan fingerprint density at radius 1 is 1.50 bits per heavy atom. The summed E-state index contributed by atoms with van der Waals surface area (Å²) in [5.74, 6) is 0.292. The Kier molecular flexibility index (Phi) is 1.96. The van der Waals surface area contributed by atoms with E-state index in [0.29, 0.717) is 28.8 Å². The SMILES string of the molecule is CNc1c(C=O)oc2ccc(C)nc12. The summed E-state index contributed by atoms with van der Waals surface area (Å²) in [6, 6.07) is 3.66. The van der Waals surface area contributed by atoms with Crippen LogP contribution in [0.1, 0.15) is 16.2 Å². The molecule has 0 saturated carbocycles. The van der Waals surface area contributed by atoms with E-state index in [-0.39, 0.29) is 0 Å². The molecule has 0 atom stereocenters. The molecule has 0 fully saturated rings. The number of fused-ring (bicyclic) bond motifs is 1. The molecule has 0 aliphatic rings. The molecule has 2 rings (SSSR count). The van der Waals surface area contributed by atoms with Crippen LogP contribution in [-0.4, -0.2) is 18.3 Å². The van der Waals surface area contributed by atoms with E-state index in [0.717, 1.165) is 5.69 Å². The number of rotatable bonds is 2. The molecule has 2 heterocycles. The molecule has 2 aromatic rings. The molecule has 1 N–H and O–H groups in total. The lowest BCUT2D eigenvalue weighted by atomic mass is 10.3. The number of anilines is 1. The van der Waals surface area contributed by atoms with Crippen LogP contribution in [0, 0.1) is 6.92 Å². The van der Waals surface area contributed by atoms with Crippen molar-refractivity contribution in [2.45, 2.75) is 6.92 Å². The fourth-order valence-electron chi connectivity index (χ4n) is 1.42. The molecular formula is C10H10N2O2. The van der Waals surface area contributed by atoms with Crippen molar-refractivity contribution in [3.05, 3.63) is 23.6 Å². The molecule has 0 bridgehead atoms. The van der Waals surface area contributed by atoms with Crippen LogP contribution in [0.25, 0.3) is 11.1 Å². The zero-order valence-corrected chi connectivity index (χ0v) is 8.00. The second kappa shape index (κ2) is 3.14. The smallest absolute Gasteiger partial charge is 0.192 e. The van der Waals surface area contributed by atoms with Crippen molar-refractivity contribution in [3.8, 4) is 0 Å². The Balaban J connectivity index is 2.81. The molecule has 14 heavy (non-hydrogen) atoms. The van der Waals surface area contributed by atoms with Gasteiger partial charge < -0.3 is 9.73 Å². The minimum absolute atomic E-state index is 0.292. The Morgan fingerprint density at radius 2 is 2.29 bits per heavy atom. The van der Waals surface area contributed by atoms with E-state index in [1.807, 2.05) is 19.1 Å². The van der Waals surface area contributed by atoms with Gasteiger partial charge in [0.25, 0.3) is 0 Å². The average molecular weight is 190 g/mol. The van der Waals surface area contributed by atoms with Crippen LogP contribution in [0.2, 0.25) is 0 Å². The first-order chi connectivity index (χ1) is 6.76. The van der Waals surface area contributed by atoms with Crippen molar-refractivity contribution < 1.29 is 9.21 Å². The molecule has 0 aliphatic carbocycles. The number of hydrogen-bond donors (Lipinski definition) is 1. The number of carbonyl (C=O) groups excluding carboxylic acids is 1. The standard InChI is InChI=1S/C10H10N2O2/c1-6-3-4-7-10(12-6)9(11-2)8(5-13)14-7/h3-5,11H,1-2H3. The van der Waals surface area contributed by atoms with E-state index >= 15 is 0 Å². The predicted molar refractivity (Wildman–Crippen MR) is 53.7 cm³/mol. The molecule has 0 spiro atoms. The Bertz CT molecular complexity index is 488. The summed E-state index contributed by atoms with van der Waals surface area (Å²) >= 11 is 0. The monoisotopic (exact) mass is 190 g/mol. The fraction of sp³-hybridized carbons (Fsp3) is 0.200. The first-order valence-electron chi connectivity index (χ1n) is 4.29. The van der Waals surface area contributed by atoms with Gasteiger partial charge in [0.05, 0.1) is 0 Å². The van der Waals surface area contributed by atoms with Crippen LogP contribution >= 0.6 is 0 Å². The maximum Gasteiger partial charge on any atom is 0.192 e. The van der Waals surface area contributed by atoms with Gasteiger partial charge in [0.1, 0.15) is 11.2 Å². The molecule has 0 aromatic carbocycles. The molecule has 72 valence electrons. The second-order valence-electron chi connectivity index (χ2n) is 3.01. The quantitative estimate of drug-likeness (QED) is 0.736. The highest BCUT2D eigenvalue weighted by Gasteiger charge is 2.13. The number of aromatic nitrogens is 1. The number of nitrogens with zero attached hydrogens (tertiary/aromatic N) is 1. The van der Waals surface area contributed by atoms with Crippen LogP contribution < -0.4 is 5.32 Å². The van der Waals surface area contributed by atoms with E-state index in [9.17, 15) is 4.79 Å². The van der Waals surface area contributed by atoms with Crippen molar-refractivity contribution >= 4 is 23.1 Å². The highest BCUT2D eigenvalue weighted by atomic mass is 16.3. The number of aryl methyl sites for hydroxylation is 1. The summed E-state index contributed by atoms with van der Waals surface area (Å²) in [6.07, 6.45) is 0.683. The first-order valence-corrected chi connectivity index (χ1v) is 4.29. The van der Waals surface area contributed by atoms with E-state index in [4.69, 9.17) is 4.42 Å². The Hall–Kier alpha value is -1.84. The van der Waals surface area contributed by atoms with Gasteiger partial charge in [-0.3, -0.25) is 4.79 Å². The molecular weight excluding hydrogens is 180 g/mol. The topological polar surface area (TPSA) is 55.1 Å². The predicted octanol–water partition coefficient (Wildman–Crippen LogP) is 1.99. The van der Waals surface area contributed by atoms with Crippen LogP contribution in [0.5, 0.6) is 0 Å². The molecule has 4 nitrogen and oxygen atoms in total. The van der Waals surface area contributed by atoms with E-state index in [1.165, 1.54) is 0 Å². The van der Waals surface area contributed by atoms with Crippen LogP contribution in [0.4, 0.5) is 5.69 Å². The normalized spacial score (nSPS) is 10.4. The van der Waals surface area contributed by atoms with E-state index in [2.05, 4.69) is 10.3 Å². The third-order valence-corrected chi connectivity index (χ3v) is 2.06. The van der Waals surface area contributed by atoms with Crippen molar-refractivity contribution in [2.24, 2.45) is 0 Å². The van der Waals surface area contributed by atoms with E-state index < -0.39 is 0 Å². The maximum absolute atomic E-state index is 10.7. The van der Waals surface area contributed by atoms with Crippen LogP contribution in [0.15, 0.2) is 16.5 Å². The third kappa shape index (κ3) is 1.16. The largest absolute Gasteiger partial charge is 0.449 e. The summed E-state index contributed by atoms with van der Waals surface area (Å²) in [5, 5.41) is 2.91. The van der Waals surface area contributed by atoms with Crippen LogP contribution in [0.3, 0.4) is 0 Å². The highest BCUT2D eigenvalue weighted by Crippen LogP contribution is 2.27. The lowest BCUT2D eigenvalue weighted by Gasteiger charge is -1.95. The van der Waals surface area contributed by atoms with Gasteiger partial charge >= 0.3 is 0 Å². The summed E-state index contributed by atoms with van der Waals surface area (Å²) in [6.45, 7) is 1.90. The number of nitrogens with one attached hydrogen (secondary N) is 1. The van der Waals surface area contributed by atoms with Gasteiger partial charge in [-0.1, -0.05) is 0 Å². The number of carbonyl (C=O) groups is 1. The van der Waals surface area contributed by atoms with Gasteiger partial charge in [0.15, 0.2) is 17.6 Å². The summed E-state index contributed by atoms with van der Waals surface area (Å²) in [4.78, 5) is 15.0. The van der Waals surface area contributed by atoms with Crippen molar-refractivity contribution in [3.63, 3.8) is 0 Å². The fourth-order valence-corrected chi connectivity index (χ4v) is 1.42. The van der Waals surface area contributed by atoms with Gasteiger partial charge in [-0.05, 0) is 19.1 Å². The summed E-state index contributed by atoms with van der Waals surface area (Å²) in [5.41, 5.74) is 2.88. The molecule has 0 saturated heterocycles. The third-order valence-electron chi connectivity index (χ3n) is 2.06. The molecule has 0 unspecified atom stereocenters. The van der Waals surface area contributed by atoms with Gasteiger partial charge in [0, 0.05) is 12.7 Å². The highest BCUT2D eigenvalue weighted by molar-refractivity contribution is 5.97. The second-order valence-corrected chi connectivity index (χ2v) is 3.01. The van der Waals surface area contributed by atoms with Crippen LogP contribution in [-0.2, 0) is 0 Å². The maximum atomic E-state index is 10.7. The first kappa shape index (κ1) is 8.74. The Labute approximate surface area is 80.9 Å². The van der Waals surface area contributed by atoms with Crippen molar-refractivity contribution in [1.82, 2.24) is 4.98 Å². The van der Waals surface area contributed by atoms with Crippen molar-refractivity contribution in [1.29, 1.82) is 0 Å².